The standard InChI is InChI=1S/C62H37N5S/c1-3-11-38(12-4-1)40-19-25-44(26-20-40)59-64-60(45-27-21-41(22-28-45)39-13-5-2-6-14-39)66-61(65-59)46-29-23-43(24-30-46)55-37-53-52-32-31-42-15-9-10-18-51(42)57(52)68-58(53)62-63-54-35-49-33-47-16-7-8-17-48(47)34-50(49)36-56(54)67(55)62/h1-37H. The minimum Gasteiger partial charge on any atom is -0.291 e. The van der Waals surface area contributed by atoms with Gasteiger partial charge in [-0.25, -0.2) is 19.9 Å². The first kappa shape index (κ1) is 38.4. The van der Waals surface area contributed by atoms with E-state index >= 15 is 0 Å². The first-order valence-corrected chi connectivity index (χ1v) is 23.7. The number of pyridine rings is 1. The molecule has 0 fully saturated rings. The zero-order valence-electron chi connectivity index (χ0n) is 36.5. The quantitative estimate of drug-likeness (QED) is 0.156. The first-order chi connectivity index (χ1) is 33.6. The third-order valence-corrected chi connectivity index (χ3v) is 14.6. The second-order valence-electron chi connectivity index (χ2n) is 17.5. The lowest BCUT2D eigenvalue weighted by atomic mass is 10.0. The van der Waals surface area contributed by atoms with Crippen LogP contribution in [0.1, 0.15) is 0 Å². The minimum absolute atomic E-state index is 0.610. The van der Waals surface area contributed by atoms with Crippen LogP contribution in [0.2, 0.25) is 0 Å². The molecule has 14 rings (SSSR count). The predicted octanol–water partition coefficient (Wildman–Crippen LogP) is 16.5. The number of nitrogens with zero attached hydrogens (tertiary/aromatic N) is 5. The van der Waals surface area contributed by atoms with E-state index in [1.807, 2.05) is 23.5 Å². The normalized spacial score (nSPS) is 11.8. The molecule has 4 aromatic heterocycles. The second-order valence-corrected chi connectivity index (χ2v) is 18.5. The molecule has 68 heavy (non-hydrogen) atoms. The van der Waals surface area contributed by atoms with Crippen molar-refractivity contribution in [3.05, 3.63) is 224 Å². The molecular weight excluding hydrogens is 847 g/mol. The number of aromatic nitrogens is 5. The molecule has 0 radical (unpaired) electrons. The minimum atomic E-state index is 0.610. The van der Waals surface area contributed by atoms with Gasteiger partial charge < -0.3 is 0 Å². The molecule has 0 amide bonds. The first-order valence-electron chi connectivity index (χ1n) is 22.9. The van der Waals surface area contributed by atoms with Crippen molar-refractivity contribution in [3.63, 3.8) is 0 Å². The molecule has 14 aromatic rings. The molecule has 0 unspecified atom stereocenters. The van der Waals surface area contributed by atoms with Crippen LogP contribution in [0, 0.1) is 0 Å². The van der Waals surface area contributed by atoms with Crippen LogP contribution < -0.4 is 0 Å². The van der Waals surface area contributed by atoms with Crippen molar-refractivity contribution >= 4 is 80.5 Å². The number of fused-ring (bicyclic) bond motifs is 11. The van der Waals surface area contributed by atoms with Crippen molar-refractivity contribution in [2.75, 3.05) is 0 Å². The number of hydrogen-bond donors (Lipinski definition) is 0. The van der Waals surface area contributed by atoms with Gasteiger partial charge in [0.1, 0.15) is 0 Å². The van der Waals surface area contributed by atoms with Crippen LogP contribution >= 0.6 is 11.3 Å². The van der Waals surface area contributed by atoms with Gasteiger partial charge in [0, 0.05) is 32.2 Å². The average molecular weight is 884 g/mol. The Kier molecular flexibility index (Phi) is 8.69. The number of rotatable bonds is 6. The van der Waals surface area contributed by atoms with Gasteiger partial charge in [0.2, 0.25) is 0 Å². The third-order valence-electron chi connectivity index (χ3n) is 13.4. The molecule has 0 aliphatic heterocycles. The van der Waals surface area contributed by atoms with Crippen LogP contribution in [-0.2, 0) is 0 Å². The van der Waals surface area contributed by atoms with E-state index < -0.39 is 0 Å². The molecule has 0 N–H and O–H groups in total. The highest BCUT2D eigenvalue weighted by atomic mass is 32.1. The van der Waals surface area contributed by atoms with Gasteiger partial charge >= 0.3 is 0 Å². The van der Waals surface area contributed by atoms with E-state index in [-0.39, 0.29) is 0 Å². The topological polar surface area (TPSA) is 56.0 Å². The Morgan fingerprint density at radius 3 is 1.34 bits per heavy atom. The van der Waals surface area contributed by atoms with Gasteiger partial charge in [-0.05, 0) is 90.5 Å². The highest BCUT2D eigenvalue weighted by Crippen LogP contribution is 2.44. The molecule has 0 bridgehead atoms. The number of thiophene rings is 1. The molecule has 5 nitrogen and oxygen atoms in total. The summed E-state index contributed by atoms with van der Waals surface area (Å²) in [5.41, 5.74) is 12.5. The van der Waals surface area contributed by atoms with E-state index in [4.69, 9.17) is 19.9 Å². The van der Waals surface area contributed by atoms with E-state index in [0.29, 0.717) is 17.5 Å². The van der Waals surface area contributed by atoms with Gasteiger partial charge in [0.25, 0.3) is 0 Å². The molecule has 6 heteroatoms. The van der Waals surface area contributed by atoms with Crippen molar-refractivity contribution in [2.45, 2.75) is 0 Å². The molecule has 0 aliphatic carbocycles. The van der Waals surface area contributed by atoms with Crippen LogP contribution in [0.3, 0.4) is 0 Å². The van der Waals surface area contributed by atoms with Crippen LogP contribution in [0.4, 0.5) is 0 Å². The molecular formula is C62H37N5S. The molecule has 0 atom stereocenters. The molecule has 0 aliphatic rings. The Morgan fingerprint density at radius 1 is 0.294 bits per heavy atom. The highest BCUT2D eigenvalue weighted by molar-refractivity contribution is 7.27. The molecule has 0 saturated carbocycles. The van der Waals surface area contributed by atoms with Gasteiger partial charge in [-0.15, -0.1) is 11.3 Å². The lowest BCUT2D eigenvalue weighted by molar-refractivity contribution is 1.07. The summed E-state index contributed by atoms with van der Waals surface area (Å²) in [6.07, 6.45) is 0. The van der Waals surface area contributed by atoms with E-state index in [1.165, 1.54) is 52.5 Å². The van der Waals surface area contributed by atoms with Crippen molar-refractivity contribution < 1.29 is 0 Å². The Labute approximate surface area is 395 Å². The average Bonchev–Trinajstić information content (AvgIpc) is 3.98. The molecule has 4 heterocycles. The molecule has 0 saturated heterocycles. The maximum Gasteiger partial charge on any atom is 0.164 e. The van der Waals surface area contributed by atoms with Crippen molar-refractivity contribution in [3.8, 4) is 67.7 Å². The van der Waals surface area contributed by atoms with Gasteiger partial charge in [-0.3, -0.25) is 4.40 Å². The van der Waals surface area contributed by atoms with Crippen LogP contribution in [0.15, 0.2) is 224 Å². The summed E-state index contributed by atoms with van der Waals surface area (Å²) in [6, 6.07) is 79.8. The van der Waals surface area contributed by atoms with Crippen LogP contribution in [0.25, 0.3) is 137 Å². The third kappa shape index (κ3) is 6.38. The second kappa shape index (κ2) is 15.4. The van der Waals surface area contributed by atoms with E-state index in [1.54, 1.807) is 0 Å². The lowest BCUT2D eigenvalue weighted by Crippen LogP contribution is -2.00. The van der Waals surface area contributed by atoms with Crippen LogP contribution in [-0.4, -0.2) is 24.3 Å². The largest absolute Gasteiger partial charge is 0.291 e. The van der Waals surface area contributed by atoms with Gasteiger partial charge in [-0.2, -0.15) is 0 Å². The Hall–Kier alpha value is -8.84. The maximum atomic E-state index is 5.47. The summed E-state index contributed by atoms with van der Waals surface area (Å²) in [7, 11) is 0. The van der Waals surface area contributed by atoms with Gasteiger partial charge in [-0.1, -0.05) is 194 Å². The maximum absolute atomic E-state index is 5.47. The van der Waals surface area contributed by atoms with Crippen LogP contribution in [0.5, 0.6) is 0 Å². The smallest absolute Gasteiger partial charge is 0.164 e. The fraction of sp³-hybridized carbons (Fsp3) is 0. The molecule has 0 spiro atoms. The van der Waals surface area contributed by atoms with Crippen molar-refractivity contribution in [2.24, 2.45) is 0 Å². The van der Waals surface area contributed by atoms with Crippen molar-refractivity contribution in [1.82, 2.24) is 24.3 Å². The monoisotopic (exact) mass is 883 g/mol. The molecule has 10 aromatic carbocycles. The van der Waals surface area contributed by atoms with Gasteiger partial charge in [0.05, 0.1) is 21.4 Å². The Morgan fingerprint density at radius 2 is 0.765 bits per heavy atom. The van der Waals surface area contributed by atoms with E-state index in [2.05, 4.69) is 217 Å². The fourth-order valence-electron chi connectivity index (χ4n) is 9.92. The summed E-state index contributed by atoms with van der Waals surface area (Å²) >= 11 is 1.84. The summed E-state index contributed by atoms with van der Waals surface area (Å²) in [5, 5.41) is 9.76. The van der Waals surface area contributed by atoms with E-state index in [9.17, 15) is 0 Å². The SMILES string of the molecule is c1ccc(-c2ccc(-c3nc(-c4ccc(-c5ccccc5)cc4)nc(-c4ccc(-c5cc6c7ccc8ccccc8c7sc6c6nc7cc8cc9ccccc9cc8cc7n56)cc4)n3)cc2)cc1. The summed E-state index contributed by atoms with van der Waals surface area (Å²) < 4.78 is 4.83. The zero-order valence-corrected chi connectivity index (χ0v) is 37.3. The van der Waals surface area contributed by atoms with E-state index in [0.717, 1.165) is 66.9 Å². The Bertz CT molecular complexity index is 4170. The summed E-state index contributed by atoms with van der Waals surface area (Å²) in [6.45, 7) is 0. The van der Waals surface area contributed by atoms with Crippen molar-refractivity contribution in [1.29, 1.82) is 0 Å². The molecule has 316 valence electrons. The number of benzene rings is 10. The lowest BCUT2D eigenvalue weighted by Gasteiger charge is -2.12. The fourth-order valence-corrected chi connectivity index (χ4v) is 11.2. The highest BCUT2D eigenvalue weighted by Gasteiger charge is 2.20. The number of imidazole rings is 1. The van der Waals surface area contributed by atoms with Gasteiger partial charge in [0.15, 0.2) is 23.1 Å². The summed E-state index contributed by atoms with van der Waals surface area (Å²) in [5.74, 6) is 1.85. The number of hydrogen-bond acceptors (Lipinski definition) is 5. The zero-order chi connectivity index (χ0) is 44.7. The predicted molar refractivity (Wildman–Crippen MR) is 284 cm³/mol. The summed E-state index contributed by atoms with van der Waals surface area (Å²) in [4.78, 5) is 20.9. The Balaban J connectivity index is 0.935.